The summed E-state index contributed by atoms with van der Waals surface area (Å²) in [6, 6.07) is 3.38. The predicted molar refractivity (Wildman–Crippen MR) is 68.5 cm³/mol. The third kappa shape index (κ3) is 2.37. The van der Waals surface area contributed by atoms with Crippen molar-refractivity contribution in [1.29, 1.82) is 0 Å². The Bertz CT molecular complexity index is 475. The number of amides is 2. The third-order valence-electron chi connectivity index (χ3n) is 4.04. The molecule has 0 aromatic carbocycles. The fourth-order valence-electron chi connectivity index (χ4n) is 2.59. The fraction of sp³-hybridized carbons (Fsp3) is 0.571. The number of carbonyl (C=O) groups is 2. The lowest BCUT2D eigenvalue weighted by Gasteiger charge is -2.34. The van der Waals surface area contributed by atoms with Crippen LogP contribution >= 0.6 is 0 Å². The van der Waals surface area contributed by atoms with Crippen LogP contribution in [0.2, 0.25) is 0 Å². The second-order valence-corrected chi connectivity index (χ2v) is 5.41. The van der Waals surface area contributed by atoms with E-state index >= 15 is 0 Å². The maximum atomic E-state index is 12.1. The maximum Gasteiger partial charge on any atom is 0.289 e. The first-order valence-electron chi connectivity index (χ1n) is 6.78. The Morgan fingerprint density at radius 2 is 1.84 bits per heavy atom. The van der Waals surface area contributed by atoms with Gasteiger partial charge in [-0.05, 0) is 24.5 Å². The van der Waals surface area contributed by atoms with Gasteiger partial charge in [-0.25, -0.2) is 0 Å². The molecule has 1 aliphatic carbocycles. The van der Waals surface area contributed by atoms with E-state index in [2.05, 4.69) is 6.92 Å². The van der Waals surface area contributed by atoms with E-state index in [1.807, 2.05) is 4.90 Å². The van der Waals surface area contributed by atoms with Gasteiger partial charge < -0.3 is 14.2 Å². The van der Waals surface area contributed by atoms with Crippen molar-refractivity contribution >= 4 is 11.8 Å². The lowest BCUT2D eigenvalue weighted by molar-refractivity contribution is -0.134. The molecule has 0 radical (unpaired) electrons. The first-order valence-corrected chi connectivity index (χ1v) is 6.78. The van der Waals surface area contributed by atoms with Crippen molar-refractivity contribution in [2.45, 2.75) is 13.3 Å². The van der Waals surface area contributed by atoms with Crippen LogP contribution < -0.4 is 0 Å². The molecule has 1 saturated heterocycles. The average Bonchev–Trinajstić information content (AvgIpc) is 2.95. The van der Waals surface area contributed by atoms with E-state index in [1.165, 1.54) is 6.26 Å². The molecule has 2 atom stereocenters. The molecular weight excluding hydrogens is 244 g/mol. The summed E-state index contributed by atoms with van der Waals surface area (Å²) in [6.07, 6.45) is 2.52. The molecule has 0 bridgehead atoms. The van der Waals surface area contributed by atoms with Gasteiger partial charge in [-0.15, -0.1) is 0 Å². The van der Waals surface area contributed by atoms with Gasteiger partial charge in [0, 0.05) is 32.1 Å². The summed E-state index contributed by atoms with van der Waals surface area (Å²) in [4.78, 5) is 27.8. The predicted octanol–water partition coefficient (Wildman–Crippen LogP) is 1.22. The number of furan rings is 1. The van der Waals surface area contributed by atoms with Crippen LogP contribution in [0.15, 0.2) is 22.8 Å². The van der Waals surface area contributed by atoms with Gasteiger partial charge in [-0.1, -0.05) is 6.92 Å². The van der Waals surface area contributed by atoms with E-state index in [9.17, 15) is 9.59 Å². The molecule has 102 valence electrons. The molecule has 2 fully saturated rings. The second-order valence-electron chi connectivity index (χ2n) is 5.41. The van der Waals surface area contributed by atoms with Gasteiger partial charge in [-0.3, -0.25) is 9.59 Å². The van der Waals surface area contributed by atoms with E-state index in [0.29, 0.717) is 37.9 Å². The molecule has 1 saturated carbocycles. The van der Waals surface area contributed by atoms with E-state index < -0.39 is 0 Å². The number of piperazine rings is 1. The van der Waals surface area contributed by atoms with Crippen molar-refractivity contribution in [3.05, 3.63) is 24.2 Å². The molecule has 5 nitrogen and oxygen atoms in total. The van der Waals surface area contributed by atoms with Gasteiger partial charge in [0.1, 0.15) is 0 Å². The van der Waals surface area contributed by atoms with E-state index in [4.69, 9.17) is 4.42 Å². The van der Waals surface area contributed by atoms with E-state index in [-0.39, 0.29) is 17.7 Å². The first kappa shape index (κ1) is 12.3. The molecule has 2 aliphatic rings. The summed E-state index contributed by atoms with van der Waals surface area (Å²) in [7, 11) is 0. The van der Waals surface area contributed by atoms with Crippen LogP contribution in [0.1, 0.15) is 23.9 Å². The average molecular weight is 262 g/mol. The lowest BCUT2D eigenvalue weighted by Crippen LogP contribution is -2.51. The number of hydrogen-bond donors (Lipinski definition) is 0. The minimum Gasteiger partial charge on any atom is -0.459 e. The van der Waals surface area contributed by atoms with Gasteiger partial charge in [0.05, 0.1) is 6.26 Å². The zero-order valence-electron chi connectivity index (χ0n) is 11.0. The summed E-state index contributed by atoms with van der Waals surface area (Å²) < 4.78 is 5.11. The van der Waals surface area contributed by atoms with Crippen molar-refractivity contribution in [3.8, 4) is 0 Å². The van der Waals surface area contributed by atoms with Crippen LogP contribution in [0, 0.1) is 11.8 Å². The summed E-state index contributed by atoms with van der Waals surface area (Å²) in [5.74, 6) is 1.31. The van der Waals surface area contributed by atoms with Gasteiger partial charge in [0.15, 0.2) is 5.76 Å². The van der Waals surface area contributed by atoms with Crippen molar-refractivity contribution in [1.82, 2.24) is 9.80 Å². The van der Waals surface area contributed by atoms with Crippen LogP contribution in [0.25, 0.3) is 0 Å². The molecule has 0 spiro atoms. The SMILES string of the molecule is CC1CC1C(=O)N1CCN(C(=O)c2ccco2)CC1. The van der Waals surface area contributed by atoms with Crippen LogP contribution in [-0.2, 0) is 4.79 Å². The highest BCUT2D eigenvalue weighted by molar-refractivity contribution is 5.91. The van der Waals surface area contributed by atoms with Gasteiger partial charge >= 0.3 is 0 Å². The first-order chi connectivity index (χ1) is 9.16. The molecule has 5 heteroatoms. The Kier molecular flexibility index (Phi) is 3.05. The maximum absolute atomic E-state index is 12.1. The van der Waals surface area contributed by atoms with Crippen LogP contribution in [-0.4, -0.2) is 47.8 Å². The zero-order valence-corrected chi connectivity index (χ0v) is 11.0. The molecular formula is C14H18N2O3. The van der Waals surface area contributed by atoms with Gasteiger partial charge in [0.25, 0.3) is 5.91 Å². The highest BCUT2D eigenvalue weighted by Crippen LogP contribution is 2.39. The number of nitrogens with zero attached hydrogens (tertiary/aromatic N) is 2. The number of hydrogen-bond acceptors (Lipinski definition) is 3. The van der Waals surface area contributed by atoms with E-state index in [1.54, 1.807) is 17.0 Å². The molecule has 1 aromatic rings. The topological polar surface area (TPSA) is 53.8 Å². The van der Waals surface area contributed by atoms with Crippen molar-refractivity contribution in [2.24, 2.45) is 11.8 Å². The Balaban J connectivity index is 1.55. The summed E-state index contributed by atoms with van der Waals surface area (Å²) in [5, 5.41) is 0. The van der Waals surface area contributed by atoms with Crippen LogP contribution in [0.3, 0.4) is 0 Å². The standard InChI is InChI=1S/C14H18N2O3/c1-10-9-11(10)13(17)15-4-6-16(7-5-15)14(18)12-3-2-8-19-12/h2-3,8,10-11H,4-7,9H2,1H3. The monoisotopic (exact) mass is 262 g/mol. The largest absolute Gasteiger partial charge is 0.459 e. The highest BCUT2D eigenvalue weighted by Gasteiger charge is 2.42. The Morgan fingerprint density at radius 3 is 2.37 bits per heavy atom. The molecule has 0 N–H and O–H groups in total. The minimum atomic E-state index is -0.0862. The van der Waals surface area contributed by atoms with Gasteiger partial charge in [-0.2, -0.15) is 0 Å². The second kappa shape index (κ2) is 4.72. The van der Waals surface area contributed by atoms with Crippen LogP contribution in [0.5, 0.6) is 0 Å². The Morgan fingerprint density at radius 1 is 1.21 bits per heavy atom. The van der Waals surface area contributed by atoms with Crippen LogP contribution in [0.4, 0.5) is 0 Å². The molecule has 2 amide bonds. The van der Waals surface area contributed by atoms with Crippen molar-refractivity contribution < 1.29 is 14.0 Å². The van der Waals surface area contributed by atoms with Crippen molar-refractivity contribution in [2.75, 3.05) is 26.2 Å². The fourth-order valence-corrected chi connectivity index (χ4v) is 2.59. The van der Waals surface area contributed by atoms with E-state index in [0.717, 1.165) is 6.42 Å². The summed E-state index contributed by atoms with van der Waals surface area (Å²) >= 11 is 0. The number of carbonyl (C=O) groups excluding carboxylic acids is 2. The lowest BCUT2D eigenvalue weighted by atomic mass is 10.2. The smallest absolute Gasteiger partial charge is 0.289 e. The third-order valence-corrected chi connectivity index (χ3v) is 4.04. The molecule has 3 rings (SSSR count). The normalized spacial score (nSPS) is 26.4. The quantitative estimate of drug-likeness (QED) is 0.805. The summed E-state index contributed by atoms with van der Waals surface area (Å²) in [6.45, 7) is 4.56. The van der Waals surface area contributed by atoms with Gasteiger partial charge in [0.2, 0.25) is 5.91 Å². The Hall–Kier alpha value is -1.78. The number of rotatable bonds is 2. The zero-order chi connectivity index (χ0) is 13.4. The molecule has 19 heavy (non-hydrogen) atoms. The molecule has 1 aromatic heterocycles. The molecule has 2 unspecified atom stereocenters. The Labute approximate surface area is 112 Å². The van der Waals surface area contributed by atoms with Crippen molar-refractivity contribution in [3.63, 3.8) is 0 Å². The molecule has 2 heterocycles. The summed E-state index contributed by atoms with van der Waals surface area (Å²) in [5.41, 5.74) is 0. The minimum absolute atomic E-state index is 0.0862. The highest BCUT2D eigenvalue weighted by atomic mass is 16.3. The molecule has 1 aliphatic heterocycles.